The van der Waals surface area contributed by atoms with E-state index in [0.29, 0.717) is 15.1 Å². The molecule has 1 amide bonds. The number of anilines is 1. The molecule has 31 heavy (non-hydrogen) atoms. The predicted octanol–water partition coefficient (Wildman–Crippen LogP) is 4.95. The van der Waals surface area contributed by atoms with E-state index in [-0.39, 0.29) is 26.9 Å². The highest BCUT2D eigenvalue weighted by Crippen LogP contribution is 2.31. The molecule has 0 atom stereocenters. The van der Waals surface area contributed by atoms with E-state index in [1.54, 1.807) is 0 Å². The number of hydrogen-bond acceptors (Lipinski definition) is 6. The summed E-state index contributed by atoms with van der Waals surface area (Å²) in [5.74, 6) is -0.534. The Morgan fingerprint density at radius 2 is 1.61 bits per heavy atom. The van der Waals surface area contributed by atoms with E-state index in [0.717, 1.165) is 18.2 Å². The van der Waals surface area contributed by atoms with Gasteiger partial charge in [-0.2, -0.15) is 4.31 Å². The van der Waals surface area contributed by atoms with Crippen LogP contribution in [0, 0.1) is 10.1 Å². The van der Waals surface area contributed by atoms with E-state index >= 15 is 0 Å². The summed E-state index contributed by atoms with van der Waals surface area (Å²) in [6.07, 6.45) is 0. The van der Waals surface area contributed by atoms with E-state index in [1.807, 2.05) is 0 Å². The van der Waals surface area contributed by atoms with Gasteiger partial charge in [-0.1, -0.05) is 23.2 Å². The molecule has 0 unspecified atom stereocenters. The number of hydrogen-bond donors (Lipinski definition) is 0. The van der Waals surface area contributed by atoms with E-state index in [2.05, 4.69) is 0 Å². The highest BCUT2D eigenvalue weighted by molar-refractivity contribution is 7.93. The van der Waals surface area contributed by atoms with E-state index in [1.165, 1.54) is 55.6 Å². The maximum Gasteiger partial charge on any atom is 0.273 e. The highest BCUT2D eigenvalue weighted by Gasteiger charge is 2.33. The summed E-state index contributed by atoms with van der Waals surface area (Å²) in [7, 11) is -2.95. The maximum atomic E-state index is 13.4. The quantitative estimate of drug-likeness (QED) is 0.365. The van der Waals surface area contributed by atoms with Crippen LogP contribution >= 0.6 is 23.2 Å². The lowest BCUT2D eigenvalue weighted by atomic mass is 10.2. The Bertz CT molecular complexity index is 1250. The molecular formula is C20H14Cl2N2O6S. The van der Waals surface area contributed by atoms with Crippen LogP contribution in [-0.4, -0.2) is 26.4 Å². The van der Waals surface area contributed by atoms with Crippen molar-refractivity contribution in [3.05, 3.63) is 92.5 Å². The molecule has 0 saturated carbocycles. The molecule has 3 aromatic carbocycles. The largest absolute Gasteiger partial charge is 0.497 e. The average molecular weight is 481 g/mol. The van der Waals surface area contributed by atoms with Gasteiger partial charge in [-0.25, -0.2) is 8.42 Å². The van der Waals surface area contributed by atoms with Gasteiger partial charge in [0.2, 0.25) is 0 Å². The van der Waals surface area contributed by atoms with Crippen molar-refractivity contribution in [3.63, 3.8) is 0 Å². The molecule has 0 aliphatic carbocycles. The monoisotopic (exact) mass is 480 g/mol. The molecule has 0 N–H and O–H groups in total. The van der Waals surface area contributed by atoms with Crippen LogP contribution in [0.3, 0.4) is 0 Å². The van der Waals surface area contributed by atoms with Crippen molar-refractivity contribution in [2.45, 2.75) is 4.90 Å². The van der Waals surface area contributed by atoms with E-state index in [9.17, 15) is 23.3 Å². The van der Waals surface area contributed by atoms with Crippen LogP contribution in [0.25, 0.3) is 0 Å². The lowest BCUT2D eigenvalue weighted by Crippen LogP contribution is -2.37. The topological polar surface area (TPSA) is 107 Å². The van der Waals surface area contributed by atoms with Crippen molar-refractivity contribution in [2.75, 3.05) is 11.4 Å². The van der Waals surface area contributed by atoms with Crippen molar-refractivity contribution < 1.29 is 22.9 Å². The minimum absolute atomic E-state index is 0.0233. The molecule has 0 aliphatic rings. The van der Waals surface area contributed by atoms with Crippen LogP contribution in [0.5, 0.6) is 5.75 Å². The fraction of sp³-hybridized carbons (Fsp3) is 0.0500. The number of ether oxygens (including phenoxy) is 1. The molecule has 0 heterocycles. The Morgan fingerprint density at radius 3 is 2.13 bits per heavy atom. The Balaban J connectivity index is 2.17. The van der Waals surface area contributed by atoms with Crippen molar-refractivity contribution in [1.29, 1.82) is 0 Å². The van der Waals surface area contributed by atoms with Gasteiger partial charge in [0.25, 0.3) is 21.6 Å². The van der Waals surface area contributed by atoms with Gasteiger partial charge in [0, 0.05) is 17.2 Å². The second kappa shape index (κ2) is 8.93. The summed E-state index contributed by atoms with van der Waals surface area (Å²) in [6, 6.07) is 14.2. The Kier molecular flexibility index (Phi) is 6.49. The van der Waals surface area contributed by atoms with Crippen LogP contribution in [0.15, 0.2) is 71.6 Å². The van der Waals surface area contributed by atoms with Crippen LogP contribution in [0.4, 0.5) is 11.4 Å². The number of nitro groups is 1. The first-order valence-corrected chi connectivity index (χ1v) is 10.8. The minimum atomic E-state index is -4.39. The molecule has 0 saturated heterocycles. The first kappa shape index (κ1) is 22.5. The zero-order valence-electron chi connectivity index (χ0n) is 15.9. The summed E-state index contributed by atoms with van der Waals surface area (Å²) in [6.45, 7) is 0. The number of nitrogens with zero attached hydrogens (tertiary/aromatic N) is 2. The van der Waals surface area contributed by atoms with Gasteiger partial charge >= 0.3 is 0 Å². The van der Waals surface area contributed by atoms with Gasteiger partial charge in [0.15, 0.2) is 0 Å². The third-order valence-electron chi connectivity index (χ3n) is 4.24. The predicted molar refractivity (Wildman–Crippen MR) is 117 cm³/mol. The molecule has 0 aromatic heterocycles. The molecular weight excluding hydrogens is 467 g/mol. The fourth-order valence-corrected chi connectivity index (χ4v) is 4.48. The van der Waals surface area contributed by atoms with Crippen LogP contribution in [0.1, 0.15) is 10.4 Å². The second-order valence-corrected chi connectivity index (χ2v) is 8.78. The van der Waals surface area contributed by atoms with Crippen molar-refractivity contribution in [3.8, 4) is 5.75 Å². The second-order valence-electron chi connectivity index (χ2n) is 6.15. The third kappa shape index (κ3) is 4.63. The van der Waals surface area contributed by atoms with Gasteiger partial charge in [-0.3, -0.25) is 14.9 Å². The first-order valence-electron chi connectivity index (χ1n) is 8.58. The summed E-state index contributed by atoms with van der Waals surface area (Å²) in [5.41, 5.74) is -0.533. The molecule has 0 spiro atoms. The van der Waals surface area contributed by atoms with E-state index in [4.69, 9.17) is 27.9 Å². The fourth-order valence-electron chi connectivity index (χ4n) is 2.70. The van der Waals surface area contributed by atoms with Gasteiger partial charge in [0.1, 0.15) is 5.75 Å². The Morgan fingerprint density at radius 1 is 1.00 bits per heavy atom. The van der Waals surface area contributed by atoms with Crippen LogP contribution in [0.2, 0.25) is 10.0 Å². The maximum absolute atomic E-state index is 13.4. The van der Waals surface area contributed by atoms with Gasteiger partial charge in [-0.15, -0.1) is 0 Å². The summed E-state index contributed by atoms with van der Waals surface area (Å²) >= 11 is 11.9. The van der Waals surface area contributed by atoms with Crippen molar-refractivity contribution in [1.82, 2.24) is 0 Å². The number of halogens is 2. The zero-order valence-corrected chi connectivity index (χ0v) is 18.2. The SMILES string of the molecule is COc1ccc(N(C(=O)c2ccc([N+](=O)[O-])cc2Cl)S(=O)(=O)c2ccc(Cl)cc2)cc1. The number of rotatable bonds is 6. The summed E-state index contributed by atoms with van der Waals surface area (Å²) in [4.78, 5) is 23.4. The molecule has 0 fully saturated rings. The molecule has 3 rings (SSSR count). The highest BCUT2D eigenvalue weighted by atomic mass is 35.5. The zero-order chi connectivity index (χ0) is 22.8. The third-order valence-corrected chi connectivity index (χ3v) is 6.53. The number of amides is 1. The van der Waals surface area contributed by atoms with Crippen LogP contribution in [-0.2, 0) is 10.0 Å². The number of carbonyl (C=O) groups excluding carboxylic acids is 1. The number of nitro benzene ring substituents is 1. The van der Waals surface area contributed by atoms with Gasteiger partial charge in [-0.05, 0) is 54.6 Å². The standard InChI is InChI=1S/C20H14Cl2N2O6S/c1-30-16-7-4-14(5-8-16)23(31(28,29)17-9-2-13(21)3-10-17)20(25)18-11-6-15(24(26)27)12-19(18)22/h2-12H,1H3. The Hall–Kier alpha value is -3.14. The number of benzene rings is 3. The molecule has 0 bridgehead atoms. The molecule has 8 nitrogen and oxygen atoms in total. The molecule has 0 aliphatic heterocycles. The van der Waals surface area contributed by atoms with Gasteiger partial charge < -0.3 is 4.74 Å². The van der Waals surface area contributed by atoms with Crippen LogP contribution < -0.4 is 9.04 Å². The lowest BCUT2D eigenvalue weighted by molar-refractivity contribution is -0.384. The molecule has 160 valence electrons. The summed E-state index contributed by atoms with van der Waals surface area (Å²) in [5, 5.41) is 11.0. The number of carbonyl (C=O) groups is 1. The average Bonchev–Trinajstić information content (AvgIpc) is 2.74. The first-order chi connectivity index (χ1) is 14.6. The molecule has 11 heteroatoms. The number of methoxy groups -OCH3 is 1. The van der Waals surface area contributed by atoms with E-state index < -0.39 is 20.9 Å². The van der Waals surface area contributed by atoms with Gasteiger partial charge in [0.05, 0.1) is 33.2 Å². The minimum Gasteiger partial charge on any atom is -0.497 e. The summed E-state index contributed by atoms with van der Waals surface area (Å²) < 4.78 is 32.4. The van der Waals surface area contributed by atoms with Crippen molar-refractivity contribution >= 4 is 50.5 Å². The normalized spacial score (nSPS) is 11.1. The smallest absolute Gasteiger partial charge is 0.273 e. The molecule has 0 radical (unpaired) electrons. The number of non-ortho nitro benzene ring substituents is 1. The number of sulfonamides is 1. The van der Waals surface area contributed by atoms with Crippen molar-refractivity contribution in [2.24, 2.45) is 0 Å². The lowest BCUT2D eigenvalue weighted by Gasteiger charge is -2.23. The Labute approximate surface area is 187 Å². The molecule has 3 aromatic rings.